The Morgan fingerprint density at radius 1 is 0.500 bits per heavy atom. The molecule has 0 N–H and O–H groups in total. The summed E-state index contributed by atoms with van der Waals surface area (Å²) in [5, 5.41) is 0. The lowest BCUT2D eigenvalue weighted by Gasteiger charge is -2.07. The molecule has 0 amide bonds. The average Bonchev–Trinajstić information content (AvgIpc) is 2.70. The summed E-state index contributed by atoms with van der Waals surface area (Å²) >= 11 is 0. The Morgan fingerprint density at radius 3 is 1.79 bits per heavy atom. The third kappa shape index (κ3) is 2.95. The highest BCUT2D eigenvalue weighted by Gasteiger charge is 2.03. The van der Waals surface area contributed by atoms with Crippen LogP contribution in [0.3, 0.4) is 0 Å². The Bertz CT molecular complexity index is 930. The molecule has 0 aliphatic rings. The Hall–Kier alpha value is -3.26. The van der Waals surface area contributed by atoms with E-state index in [-0.39, 0.29) is 0 Å². The molecule has 3 aromatic carbocycles. The van der Waals surface area contributed by atoms with Crippen molar-refractivity contribution in [1.29, 1.82) is 0 Å². The fourth-order valence-corrected chi connectivity index (χ4v) is 2.80. The van der Waals surface area contributed by atoms with Gasteiger partial charge in [-0.25, -0.2) is 9.97 Å². The van der Waals surface area contributed by atoms with Gasteiger partial charge in [-0.3, -0.25) is 0 Å². The van der Waals surface area contributed by atoms with E-state index in [9.17, 15) is 0 Å². The summed E-state index contributed by atoms with van der Waals surface area (Å²) in [5.74, 6) is 0. The van der Waals surface area contributed by atoms with Gasteiger partial charge in [-0.05, 0) is 34.4 Å². The summed E-state index contributed by atoms with van der Waals surface area (Å²) in [6, 6.07) is 29.5. The molecular weight excluding hydrogens is 292 g/mol. The molecule has 4 rings (SSSR count). The maximum absolute atomic E-state index is 4.29. The van der Waals surface area contributed by atoms with Gasteiger partial charge in [-0.2, -0.15) is 0 Å². The molecule has 0 saturated heterocycles. The van der Waals surface area contributed by atoms with Crippen LogP contribution in [-0.2, 0) is 0 Å². The first kappa shape index (κ1) is 14.3. The van der Waals surface area contributed by atoms with Crippen LogP contribution in [0.5, 0.6) is 0 Å². The summed E-state index contributed by atoms with van der Waals surface area (Å²) in [6.45, 7) is 0. The molecule has 0 saturated carbocycles. The lowest BCUT2D eigenvalue weighted by Crippen LogP contribution is -1.85. The summed E-state index contributed by atoms with van der Waals surface area (Å²) in [6.07, 6.45) is 3.34. The average molecular weight is 308 g/mol. The normalized spacial score (nSPS) is 10.5. The minimum atomic E-state index is 0.939. The van der Waals surface area contributed by atoms with Crippen molar-refractivity contribution < 1.29 is 0 Å². The fourth-order valence-electron chi connectivity index (χ4n) is 2.80. The maximum Gasteiger partial charge on any atom is 0.116 e. The molecule has 2 nitrogen and oxygen atoms in total. The van der Waals surface area contributed by atoms with Gasteiger partial charge in [0.05, 0.1) is 5.69 Å². The molecule has 114 valence electrons. The zero-order chi connectivity index (χ0) is 16.2. The van der Waals surface area contributed by atoms with Crippen molar-refractivity contribution in [2.45, 2.75) is 0 Å². The van der Waals surface area contributed by atoms with Crippen molar-refractivity contribution in [2.75, 3.05) is 0 Å². The van der Waals surface area contributed by atoms with Crippen LogP contribution in [0.4, 0.5) is 0 Å². The first-order valence-electron chi connectivity index (χ1n) is 7.92. The van der Waals surface area contributed by atoms with Crippen molar-refractivity contribution in [3.8, 4) is 33.5 Å². The van der Waals surface area contributed by atoms with Gasteiger partial charge in [0.25, 0.3) is 0 Å². The first-order chi connectivity index (χ1) is 11.9. The number of hydrogen-bond acceptors (Lipinski definition) is 2. The number of benzene rings is 3. The third-order valence-corrected chi connectivity index (χ3v) is 4.07. The van der Waals surface area contributed by atoms with E-state index in [0.717, 1.165) is 11.3 Å². The lowest BCUT2D eigenvalue weighted by molar-refractivity contribution is 1.17. The molecule has 0 fully saturated rings. The van der Waals surface area contributed by atoms with Gasteiger partial charge in [0.1, 0.15) is 6.33 Å². The second-order valence-corrected chi connectivity index (χ2v) is 5.62. The summed E-state index contributed by atoms with van der Waals surface area (Å²) in [4.78, 5) is 8.26. The Morgan fingerprint density at radius 2 is 1.12 bits per heavy atom. The Balaban J connectivity index is 1.67. The molecule has 24 heavy (non-hydrogen) atoms. The summed E-state index contributed by atoms with van der Waals surface area (Å²) in [5.41, 5.74) is 6.91. The predicted molar refractivity (Wildman–Crippen MR) is 98.3 cm³/mol. The van der Waals surface area contributed by atoms with E-state index in [1.54, 1.807) is 12.5 Å². The standard InChI is InChI=1S/C22H16N2/c1-2-5-17(6-3-1)20-7-4-8-21(15-20)18-9-11-19(12-10-18)22-13-14-23-16-24-22/h1-16H. The van der Waals surface area contributed by atoms with Gasteiger partial charge in [0.15, 0.2) is 0 Å². The molecule has 1 heterocycles. The molecule has 0 radical (unpaired) electrons. The molecule has 0 aliphatic heterocycles. The van der Waals surface area contributed by atoms with Crippen LogP contribution in [0.1, 0.15) is 0 Å². The van der Waals surface area contributed by atoms with Crippen LogP contribution >= 0.6 is 0 Å². The van der Waals surface area contributed by atoms with E-state index >= 15 is 0 Å². The highest BCUT2D eigenvalue weighted by atomic mass is 14.8. The quantitative estimate of drug-likeness (QED) is 0.501. The van der Waals surface area contributed by atoms with E-state index in [1.807, 2.05) is 12.1 Å². The molecule has 0 atom stereocenters. The lowest BCUT2D eigenvalue weighted by atomic mass is 9.98. The summed E-state index contributed by atoms with van der Waals surface area (Å²) in [7, 11) is 0. The monoisotopic (exact) mass is 308 g/mol. The fraction of sp³-hybridized carbons (Fsp3) is 0. The van der Waals surface area contributed by atoms with Gasteiger partial charge in [-0.1, -0.05) is 72.8 Å². The minimum absolute atomic E-state index is 0.939. The highest BCUT2D eigenvalue weighted by molar-refractivity contribution is 5.74. The Labute approximate surface area is 141 Å². The minimum Gasteiger partial charge on any atom is -0.245 e. The topological polar surface area (TPSA) is 25.8 Å². The van der Waals surface area contributed by atoms with Crippen LogP contribution < -0.4 is 0 Å². The van der Waals surface area contributed by atoms with E-state index < -0.39 is 0 Å². The zero-order valence-corrected chi connectivity index (χ0v) is 13.1. The van der Waals surface area contributed by atoms with Crippen molar-refractivity contribution in [1.82, 2.24) is 9.97 Å². The van der Waals surface area contributed by atoms with Crippen LogP contribution in [0.25, 0.3) is 33.5 Å². The van der Waals surface area contributed by atoms with E-state index in [2.05, 4.69) is 82.8 Å². The molecule has 0 spiro atoms. The molecule has 1 aromatic heterocycles. The van der Waals surface area contributed by atoms with Crippen molar-refractivity contribution in [3.05, 3.63) is 97.5 Å². The number of rotatable bonds is 3. The molecular formula is C22H16N2. The zero-order valence-electron chi connectivity index (χ0n) is 13.1. The van der Waals surface area contributed by atoms with Gasteiger partial charge in [0.2, 0.25) is 0 Å². The SMILES string of the molecule is c1ccc(-c2cccc(-c3ccc(-c4ccncn4)cc3)c2)cc1. The van der Waals surface area contributed by atoms with Crippen LogP contribution in [0.2, 0.25) is 0 Å². The Kier molecular flexibility index (Phi) is 3.86. The van der Waals surface area contributed by atoms with Crippen molar-refractivity contribution in [2.24, 2.45) is 0 Å². The largest absolute Gasteiger partial charge is 0.245 e. The second kappa shape index (κ2) is 6.47. The molecule has 0 unspecified atom stereocenters. The summed E-state index contributed by atoms with van der Waals surface area (Å²) < 4.78 is 0. The molecule has 2 heteroatoms. The van der Waals surface area contributed by atoms with Crippen LogP contribution in [0, 0.1) is 0 Å². The number of hydrogen-bond donors (Lipinski definition) is 0. The van der Waals surface area contributed by atoms with Gasteiger partial charge in [-0.15, -0.1) is 0 Å². The molecule has 4 aromatic rings. The maximum atomic E-state index is 4.29. The smallest absolute Gasteiger partial charge is 0.116 e. The second-order valence-electron chi connectivity index (χ2n) is 5.62. The van der Waals surface area contributed by atoms with Gasteiger partial charge in [0, 0.05) is 11.8 Å². The van der Waals surface area contributed by atoms with E-state index in [4.69, 9.17) is 0 Å². The van der Waals surface area contributed by atoms with E-state index in [1.165, 1.54) is 22.3 Å². The van der Waals surface area contributed by atoms with Gasteiger partial charge >= 0.3 is 0 Å². The first-order valence-corrected chi connectivity index (χ1v) is 7.92. The van der Waals surface area contributed by atoms with E-state index in [0.29, 0.717) is 0 Å². The molecule has 0 bridgehead atoms. The van der Waals surface area contributed by atoms with Crippen LogP contribution in [0.15, 0.2) is 97.5 Å². The van der Waals surface area contributed by atoms with Crippen LogP contribution in [-0.4, -0.2) is 9.97 Å². The van der Waals surface area contributed by atoms with Crippen molar-refractivity contribution >= 4 is 0 Å². The third-order valence-electron chi connectivity index (χ3n) is 4.07. The number of nitrogens with zero attached hydrogens (tertiary/aromatic N) is 2. The number of aromatic nitrogens is 2. The van der Waals surface area contributed by atoms with Gasteiger partial charge < -0.3 is 0 Å². The molecule has 0 aliphatic carbocycles. The highest BCUT2D eigenvalue weighted by Crippen LogP contribution is 2.27. The van der Waals surface area contributed by atoms with Crippen molar-refractivity contribution in [3.63, 3.8) is 0 Å². The predicted octanol–water partition coefficient (Wildman–Crippen LogP) is 5.48.